The van der Waals surface area contributed by atoms with Crippen LogP contribution in [0.5, 0.6) is 0 Å². The maximum atomic E-state index is 12.4. The number of rotatable bonds is 6. The van der Waals surface area contributed by atoms with Crippen LogP contribution in [0.15, 0.2) is 6.07 Å². The normalized spacial score (nSPS) is 29.0. The number of ether oxygens (including phenoxy) is 1. The number of aliphatic carboxylic acids is 1. The summed E-state index contributed by atoms with van der Waals surface area (Å²) in [5.41, 5.74) is 2.08. The molecule has 2 bridgehead atoms. The predicted octanol–water partition coefficient (Wildman–Crippen LogP) is 0.884. The van der Waals surface area contributed by atoms with Crippen molar-refractivity contribution >= 4 is 11.9 Å². The molecule has 2 saturated heterocycles. The average Bonchev–Trinajstić information content (AvgIpc) is 3.17. The Morgan fingerprint density at radius 2 is 2.04 bits per heavy atom. The highest BCUT2D eigenvalue weighted by molar-refractivity contribution is 5.86. The average molecular weight is 321 g/mol. The molecule has 3 rings (SSSR count). The van der Waals surface area contributed by atoms with Crippen LogP contribution >= 0.6 is 0 Å². The quantitative estimate of drug-likeness (QED) is 0.759. The van der Waals surface area contributed by atoms with Crippen molar-refractivity contribution in [3.63, 3.8) is 0 Å². The third-order valence-corrected chi connectivity index (χ3v) is 4.81. The SMILES string of the molecule is Cc1cc(C)n(CCCNC(=O)[C@@H]2[C@@H](C(=O)O)[C@H]3CC[C@H]2O3)n1. The molecule has 0 radical (unpaired) electrons. The van der Waals surface area contributed by atoms with Gasteiger partial charge in [-0.25, -0.2) is 0 Å². The van der Waals surface area contributed by atoms with Gasteiger partial charge in [0.1, 0.15) is 0 Å². The summed E-state index contributed by atoms with van der Waals surface area (Å²) in [4.78, 5) is 23.7. The molecule has 126 valence electrons. The van der Waals surface area contributed by atoms with Crippen LogP contribution in [0.2, 0.25) is 0 Å². The van der Waals surface area contributed by atoms with E-state index < -0.39 is 17.8 Å². The van der Waals surface area contributed by atoms with Crippen LogP contribution < -0.4 is 5.32 Å². The Bertz CT molecular complexity index is 612. The number of hydrogen-bond acceptors (Lipinski definition) is 4. The van der Waals surface area contributed by atoms with Gasteiger partial charge in [0.15, 0.2) is 0 Å². The Kier molecular flexibility index (Phi) is 4.39. The number of nitrogens with one attached hydrogen (secondary N) is 1. The molecule has 1 amide bonds. The second-order valence-electron chi connectivity index (χ2n) is 6.47. The van der Waals surface area contributed by atoms with Gasteiger partial charge in [0.25, 0.3) is 0 Å². The first kappa shape index (κ1) is 16.0. The fourth-order valence-corrected chi connectivity index (χ4v) is 3.78. The van der Waals surface area contributed by atoms with Crippen molar-refractivity contribution in [2.75, 3.05) is 6.54 Å². The van der Waals surface area contributed by atoms with E-state index >= 15 is 0 Å². The van der Waals surface area contributed by atoms with Crippen molar-refractivity contribution in [2.24, 2.45) is 11.8 Å². The largest absolute Gasteiger partial charge is 0.481 e. The summed E-state index contributed by atoms with van der Waals surface area (Å²) < 4.78 is 7.54. The van der Waals surface area contributed by atoms with E-state index in [1.54, 1.807) is 0 Å². The highest BCUT2D eigenvalue weighted by atomic mass is 16.5. The number of hydrogen-bond donors (Lipinski definition) is 2. The molecule has 2 aliphatic heterocycles. The summed E-state index contributed by atoms with van der Waals surface area (Å²) in [5.74, 6) is -2.39. The zero-order valence-corrected chi connectivity index (χ0v) is 13.5. The highest BCUT2D eigenvalue weighted by Gasteiger charge is 2.55. The molecule has 7 heteroatoms. The first-order valence-corrected chi connectivity index (χ1v) is 8.14. The number of amides is 1. The summed E-state index contributed by atoms with van der Waals surface area (Å²) >= 11 is 0. The van der Waals surface area contributed by atoms with Crippen LogP contribution in [-0.4, -0.2) is 45.5 Å². The number of nitrogens with zero attached hydrogens (tertiary/aromatic N) is 2. The third-order valence-electron chi connectivity index (χ3n) is 4.81. The summed E-state index contributed by atoms with van der Waals surface area (Å²) in [6.45, 7) is 5.20. The topological polar surface area (TPSA) is 93.5 Å². The molecule has 2 N–H and O–H groups in total. The van der Waals surface area contributed by atoms with Gasteiger partial charge in [-0.3, -0.25) is 14.3 Å². The van der Waals surface area contributed by atoms with Crippen LogP contribution in [0.4, 0.5) is 0 Å². The minimum absolute atomic E-state index is 0.196. The fourth-order valence-electron chi connectivity index (χ4n) is 3.78. The lowest BCUT2D eigenvalue weighted by atomic mass is 9.79. The molecule has 0 aromatic carbocycles. The number of carboxylic acid groups (broad SMARTS) is 1. The Morgan fingerprint density at radius 3 is 2.65 bits per heavy atom. The van der Waals surface area contributed by atoms with Crippen LogP contribution in [0, 0.1) is 25.7 Å². The van der Waals surface area contributed by atoms with E-state index in [2.05, 4.69) is 10.4 Å². The Hall–Kier alpha value is -1.89. The maximum Gasteiger partial charge on any atom is 0.310 e. The van der Waals surface area contributed by atoms with E-state index in [1.165, 1.54) is 0 Å². The van der Waals surface area contributed by atoms with Crippen molar-refractivity contribution in [3.05, 3.63) is 17.5 Å². The lowest BCUT2D eigenvalue weighted by Crippen LogP contribution is -2.44. The molecule has 1 aromatic rings. The number of aryl methyl sites for hydroxylation is 3. The standard InChI is InChI=1S/C16H23N3O4/c1-9-8-10(2)19(18-9)7-3-6-17-15(20)13-11-4-5-12(23-11)14(13)16(21)22/h8,11-14H,3-7H2,1-2H3,(H,17,20)(H,21,22)/t11-,12-,13+,14+/m1/s1. The monoisotopic (exact) mass is 321 g/mol. The molecule has 2 aliphatic rings. The predicted molar refractivity (Wildman–Crippen MR) is 81.8 cm³/mol. The van der Waals surface area contributed by atoms with E-state index in [0.29, 0.717) is 6.54 Å². The molecule has 4 atom stereocenters. The smallest absolute Gasteiger partial charge is 0.310 e. The molecule has 7 nitrogen and oxygen atoms in total. The first-order valence-electron chi connectivity index (χ1n) is 8.14. The van der Waals surface area contributed by atoms with Crippen LogP contribution in [-0.2, 0) is 20.9 Å². The molecule has 0 saturated carbocycles. The molecular formula is C16H23N3O4. The fraction of sp³-hybridized carbons (Fsp3) is 0.688. The molecule has 1 aromatic heterocycles. The molecule has 0 spiro atoms. The Balaban J connectivity index is 1.49. The van der Waals surface area contributed by atoms with Gasteiger partial charge in [0.05, 0.1) is 29.7 Å². The number of carboxylic acids is 1. The summed E-state index contributed by atoms with van der Waals surface area (Å²) in [6, 6.07) is 2.02. The highest BCUT2D eigenvalue weighted by Crippen LogP contribution is 2.43. The molecular weight excluding hydrogens is 298 g/mol. The molecule has 2 fully saturated rings. The van der Waals surface area contributed by atoms with Gasteiger partial charge in [-0.2, -0.15) is 5.10 Å². The second-order valence-corrected chi connectivity index (χ2v) is 6.47. The van der Waals surface area contributed by atoms with Crippen LogP contribution in [0.3, 0.4) is 0 Å². The van der Waals surface area contributed by atoms with Crippen molar-refractivity contribution in [2.45, 2.75) is 51.9 Å². The van der Waals surface area contributed by atoms with Crippen LogP contribution in [0.1, 0.15) is 30.7 Å². The van der Waals surface area contributed by atoms with Gasteiger partial charge >= 0.3 is 5.97 Å². The van der Waals surface area contributed by atoms with Gasteiger partial charge in [-0.15, -0.1) is 0 Å². The van der Waals surface area contributed by atoms with E-state index in [0.717, 1.165) is 37.2 Å². The van der Waals surface area contributed by atoms with Gasteiger partial charge < -0.3 is 15.2 Å². The molecule has 0 unspecified atom stereocenters. The van der Waals surface area contributed by atoms with E-state index in [-0.39, 0.29) is 18.1 Å². The third kappa shape index (κ3) is 3.10. The molecule has 23 heavy (non-hydrogen) atoms. The van der Waals surface area contributed by atoms with Crippen molar-refractivity contribution < 1.29 is 19.4 Å². The maximum absolute atomic E-state index is 12.4. The van der Waals surface area contributed by atoms with E-state index in [9.17, 15) is 14.7 Å². The first-order chi connectivity index (χ1) is 11.0. The molecule has 0 aliphatic carbocycles. The van der Waals surface area contributed by atoms with E-state index in [4.69, 9.17) is 4.74 Å². The van der Waals surface area contributed by atoms with Crippen molar-refractivity contribution in [3.8, 4) is 0 Å². The zero-order valence-electron chi connectivity index (χ0n) is 13.5. The van der Waals surface area contributed by atoms with Crippen molar-refractivity contribution in [1.82, 2.24) is 15.1 Å². The lowest BCUT2D eigenvalue weighted by molar-refractivity contribution is -0.147. The number of carbonyl (C=O) groups excluding carboxylic acids is 1. The van der Waals surface area contributed by atoms with Gasteiger partial charge in [-0.05, 0) is 39.2 Å². The summed E-state index contributed by atoms with van der Waals surface area (Å²) in [5, 5.41) is 16.6. The van der Waals surface area contributed by atoms with Gasteiger partial charge in [0, 0.05) is 18.8 Å². The number of aromatic nitrogens is 2. The minimum atomic E-state index is -0.931. The number of carbonyl (C=O) groups is 2. The molecule has 3 heterocycles. The van der Waals surface area contributed by atoms with Crippen LogP contribution in [0.25, 0.3) is 0 Å². The van der Waals surface area contributed by atoms with Crippen molar-refractivity contribution in [1.29, 1.82) is 0 Å². The van der Waals surface area contributed by atoms with Gasteiger partial charge in [0.2, 0.25) is 5.91 Å². The lowest BCUT2D eigenvalue weighted by Gasteiger charge is -2.23. The van der Waals surface area contributed by atoms with Gasteiger partial charge in [-0.1, -0.05) is 0 Å². The number of fused-ring (bicyclic) bond motifs is 2. The zero-order chi connectivity index (χ0) is 16.6. The summed E-state index contributed by atoms with van der Waals surface area (Å²) in [7, 11) is 0. The Labute approximate surface area is 135 Å². The minimum Gasteiger partial charge on any atom is -0.481 e. The summed E-state index contributed by atoms with van der Waals surface area (Å²) in [6.07, 6.45) is 1.73. The second kappa shape index (κ2) is 6.31. The van der Waals surface area contributed by atoms with E-state index in [1.807, 2.05) is 24.6 Å². The Morgan fingerprint density at radius 1 is 1.35 bits per heavy atom.